The normalized spacial score (nSPS) is 10.5. The van der Waals surface area contributed by atoms with Gasteiger partial charge < -0.3 is 9.88 Å². The zero-order valence-corrected chi connectivity index (χ0v) is 13.7. The van der Waals surface area contributed by atoms with Crippen molar-refractivity contribution >= 4 is 29.1 Å². The minimum Gasteiger partial charge on any atom is -0.347 e. The van der Waals surface area contributed by atoms with Gasteiger partial charge in [0.05, 0.1) is 0 Å². The van der Waals surface area contributed by atoms with E-state index in [-0.39, 0.29) is 5.91 Å². The topological polar surface area (TPSA) is 34.0 Å². The number of carbonyl (C=O) groups is 1. The number of para-hydroxylation sites is 1. The third kappa shape index (κ3) is 3.76. The maximum absolute atomic E-state index is 12.4. The number of nitrogens with zero attached hydrogens (tertiary/aromatic N) is 1. The van der Waals surface area contributed by atoms with E-state index in [9.17, 15) is 4.79 Å². The second-order valence-electron chi connectivity index (χ2n) is 5.06. The molecule has 0 atom stereocenters. The van der Waals surface area contributed by atoms with Gasteiger partial charge in [-0.05, 0) is 48.0 Å². The molecule has 3 aromatic rings. The van der Waals surface area contributed by atoms with Gasteiger partial charge in [-0.25, -0.2) is 0 Å². The first kappa shape index (κ1) is 15.7. The fraction of sp³-hybridized carbons (Fsp3) is 0.0556. The zero-order chi connectivity index (χ0) is 16.2. The molecule has 0 saturated carbocycles. The first-order chi connectivity index (χ1) is 11.1. The summed E-state index contributed by atoms with van der Waals surface area (Å²) >= 11 is 11.9. The number of amides is 1. The van der Waals surface area contributed by atoms with Crippen molar-refractivity contribution in [1.29, 1.82) is 0 Å². The van der Waals surface area contributed by atoms with E-state index in [4.69, 9.17) is 23.2 Å². The van der Waals surface area contributed by atoms with Crippen LogP contribution in [0.2, 0.25) is 10.0 Å². The molecule has 1 heterocycles. The quantitative estimate of drug-likeness (QED) is 0.730. The van der Waals surface area contributed by atoms with Crippen molar-refractivity contribution in [1.82, 2.24) is 9.88 Å². The molecule has 1 N–H and O–H groups in total. The summed E-state index contributed by atoms with van der Waals surface area (Å²) in [6, 6.07) is 18.6. The van der Waals surface area contributed by atoms with E-state index in [1.54, 1.807) is 24.3 Å². The van der Waals surface area contributed by atoms with E-state index in [1.807, 2.05) is 47.2 Å². The Labute approximate surface area is 144 Å². The fourth-order valence-corrected chi connectivity index (χ4v) is 2.94. The lowest BCUT2D eigenvalue weighted by molar-refractivity contribution is 0.0944. The maximum atomic E-state index is 12.4. The standard InChI is InChI=1S/C18H14Cl2N2O/c19-14-9-13(10-15(20)11-14)12-21-18(23)17-7-4-8-22(17)16-5-2-1-3-6-16/h1-11H,12H2,(H,21,23). The highest BCUT2D eigenvalue weighted by Gasteiger charge is 2.11. The molecule has 5 heteroatoms. The third-order valence-electron chi connectivity index (χ3n) is 3.39. The molecule has 0 fully saturated rings. The molecule has 0 aliphatic carbocycles. The number of aromatic nitrogens is 1. The van der Waals surface area contributed by atoms with Crippen LogP contribution in [0.1, 0.15) is 16.1 Å². The minimum absolute atomic E-state index is 0.157. The summed E-state index contributed by atoms with van der Waals surface area (Å²) in [4.78, 5) is 12.4. The molecule has 1 amide bonds. The van der Waals surface area contributed by atoms with Gasteiger partial charge in [0.2, 0.25) is 0 Å². The fourth-order valence-electron chi connectivity index (χ4n) is 2.37. The van der Waals surface area contributed by atoms with Gasteiger partial charge in [-0.15, -0.1) is 0 Å². The zero-order valence-electron chi connectivity index (χ0n) is 12.2. The Kier molecular flexibility index (Phi) is 4.70. The van der Waals surface area contributed by atoms with Crippen molar-refractivity contribution in [3.63, 3.8) is 0 Å². The van der Waals surface area contributed by atoms with Crippen LogP contribution in [0.15, 0.2) is 66.9 Å². The number of halogens is 2. The Bertz CT molecular complexity index is 808. The summed E-state index contributed by atoms with van der Waals surface area (Å²) in [7, 11) is 0. The molecule has 116 valence electrons. The molecule has 0 bridgehead atoms. The van der Waals surface area contributed by atoms with Crippen molar-refractivity contribution < 1.29 is 4.79 Å². The Balaban J connectivity index is 1.76. The average Bonchev–Trinajstić information content (AvgIpc) is 3.02. The third-order valence-corrected chi connectivity index (χ3v) is 3.83. The van der Waals surface area contributed by atoms with Crippen molar-refractivity contribution in [3.8, 4) is 5.69 Å². The molecule has 3 nitrogen and oxygen atoms in total. The summed E-state index contributed by atoms with van der Waals surface area (Å²) in [5.74, 6) is -0.157. The average molecular weight is 345 g/mol. The van der Waals surface area contributed by atoms with Crippen molar-refractivity contribution in [2.45, 2.75) is 6.54 Å². The van der Waals surface area contributed by atoms with E-state index < -0.39 is 0 Å². The van der Waals surface area contributed by atoms with Crippen LogP contribution in [0.4, 0.5) is 0 Å². The second kappa shape index (κ2) is 6.90. The van der Waals surface area contributed by atoms with E-state index in [0.717, 1.165) is 11.3 Å². The van der Waals surface area contributed by atoms with Gasteiger partial charge in [-0.2, -0.15) is 0 Å². The maximum Gasteiger partial charge on any atom is 0.268 e. The van der Waals surface area contributed by atoms with Gasteiger partial charge in [0.25, 0.3) is 5.91 Å². The number of hydrogen-bond donors (Lipinski definition) is 1. The highest BCUT2D eigenvalue weighted by Crippen LogP contribution is 2.19. The van der Waals surface area contributed by atoms with E-state index >= 15 is 0 Å². The van der Waals surface area contributed by atoms with Crippen molar-refractivity contribution in [2.75, 3.05) is 0 Å². The second-order valence-corrected chi connectivity index (χ2v) is 5.93. The molecule has 0 saturated heterocycles. The summed E-state index contributed by atoms with van der Waals surface area (Å²) in [6.07, 6.45) is 1.86. The number of rotatable bonds is 4. The van der Waals surface area contributed by atoms with Crippen LogP contribution in [-0.2, 0) is 6.54 Å². The SMILES string of the molecule is O=C(NCc1cc(Cl)cc(Cl)c1)c1cccn1-c1ccccc1. The Morgan fingerprint density at radius 3 is 2.35 bits per heavy atom. The van der Waals surface area contributed by atoms with Crippen LogP contribution in [0.25, 0.3) is 5.69 Å². The van der Waals surface area contributed by atoms with E-state index in [0.29, 0.717) is 22.3 Å². The summed E-state index contributed by atoms with van der Waals surface area (Å²) < 4.78 is 1.85. The first-order valence-electron chi connectivity index (χ1n) is 7.09. The Hall–Kier alpha value is -2.23. The number of hydrogen-bond acceptors (Lipinski definition) is 1. The van der Waals surface area contributed by atoms with E-state index in [2.05, 4.69) is 5.32 Å². The van der Waals surface area contributed by atoms with Crippen LogP contribution < -0.4 is 5.32 Å². The summed E-state index contributed by atoms with van der Waals surface area (Å²) in [5, 5.41) is 3.99. The molecule has 0 unspecified atom stereocenters. The first-order valence-corrected chi connectivity index (χ1v) is 7.85. The van der Waals surface area contributed by atoms with Crippen molar-refractivity contribution in [3.05, 3.63) is 88.2 Å². The lowest BCUT2D eigenvalue weighted by atomic mass is 10.2. The van der Waals surface area contributed by atoms with Crippen molar-refractivity contribution in [2.24, 2.45) is 0 Å². The smallest absolute Gasteiger partial charge is 0.268 e. The molecule has 23 heavy (non-hydrogen) atoms. The molecule has 3 rings (SSSR count). The van der Waals surface area contributed by atoms with Gasteiger partial charge in [-0.3, -0.25) is 4.79 Å². The molecular weight excluding hydrogens is 331 g/mol. The Morgan fingerprint density at radius 1 is 0.957 bits per heavy atom. The van der Waals surface area contributed by atoms with Gasteiger partial charge in [-0.1, -0.05) is 41.4 Å². The lowest BCUT2D eigenvalue weighted by Crippen LogP contribution is -2.25. The van der Waals surface area contributed by atoms with Crippen LogP contribution in [-0.4, -0.2) is 10.5 Å². The predicted molar refractivity (Wildman–Crippen MR) is 93.4 cm³/mol. The highest BCUT2D eigenvalue weighted by molar-refractivity contribution is 6.34. The van der Waals surface area contributed by atoms with Gasteiger partial charge in [0.15, 0.2) is 0 Å². The monoisotopic (exact) mass is 344 g/mol. The molecule has 0 radical (unpaired) electrons. The lowest BCUT2D eigenvalue weighted by Gasteiger charge is -2.10. The van der Waals surface area contributed by atoms with Gasteiger partial charge in [0, 0.05) is 28.5 Å². The van der Waals surface area contributed by atoms with Crippen LogP contribution in [0.3, 0.4) is 0 Å². The minimum atomic E-state index is -0.157. The van der Waals surface area contributed by atoms with Gasteiger partial charge in [0.1, 0.15) is 5.69 Å². The molecule has 0 spiro atoms. The van der Waals surface area contributed by atoms with Crippen LogP contribution in [0, 0.1) is 0 Å². The van der Waals surface area contributed by atoms with Crippen LogP contribution in [0.5, 0.6) is 0 Å². The summed E-state index contributed by atoms with van der Waals surface area (Å²) in [6.45, 7) is 0.360. The number of nitrogens with one attached hydrogen (secondary N) is 1. The van der Waals surface area contributed by atoms with Gasteiger partial charge >= 0.3 is 0 Å². The Morgan fingerprint density at radius 2 is 1.65 bits per heavy atom. The van der Waals surface area contributed by atoms with E-state index in [1.165, 1.54) is 0 Å². The molecule has 2 aromatic carbocycles. The highest BCUT2D eigenvalue weighted by atomic mass is 35.5. The largest absolute Gasteiger partial charge is 0.347 e. The molecule has 0 aliphatic rings. The number of benzene rings is 2. The predicted octanol–water partition coefficient (Wildman–Crippen LogP) is 4.71. The summed E-state index contributed by atoms with van der Waals surface area (Å²) in [5.41, 5.74) is 2.37. The molecule has 1 aromatic heterocycles. The molecule has 0 aliphatic heterocycles. The molecular formula is C18H14Cl2N2O. The van der Waals surface area contributed by atoms with Crippen LogP contribution >= 0.6 is 23.2 Å². The number of carbonyl (C=O) groups excluding carboxylic acids is 1.